The van der Waals surface area contributed by atoms with Crippen molar-refractivity contribution in [1.29, 1.82) is 0 Å². The number of nitrogens with two attached hydrogens (primary N) is 1. The number of ether oxygens (including phenoxy) is 1. The monoisotopic (exact) mass is 321 g/mol. The van der Waals surface area contributed by atoms with Crippen molar-refractivity contribution >= 4 is 41.4 Å². The highest BCUT2D eigenvalue weighted by molar-refractivity contribution is 7.97. The maximum absolute atomic E-state index is 12.0. The number of rotatable bonds is 4. The highest BCUT2D eigenvalue weighted by Crippen LogP contribution is 2.15. The fraction of sp³-hybridized carbons (Fsp3) is 0.231. The van der Waals surface area contributed by atoms with Crippen molar-refractivity contribution in [2.24, 2.45) is 14.6 Å². The second kappa shape index (κ2) is 7.05. The van der Waals surface area contributed by atoms with Gasteiger partial charge in [-0.15, -0.1) is 0 Å². The van der Waals surface area contributed by atoms with E-state index in [1.165, 1.54) is 12.1 Å². The summed E-state index contributed by atoms with van der Waals surface area (Å²) in [5.74, 6) is 6.05. The molecule has 1 aliphatic heterocycles. The molecule has 1 amide bonds. The van der Waals surface area contributed by atoms with Crippen LogP contribution < -0.4 is 11.2 Å². The second-order valence-electron chi connectivity index (χ2n) is 4.39. The van der Waals surface area contributed by atoms with E-state index in [0.29, 0.717) is 22.9 Å². The van der Waals surface area contributed by atoms with Gasteiger partial charge < -0.3 is 10.1 Å². The number of hydrogen-bond acceptors (Lipinski definition) is 8. The average molecular weight is 321 g/mol. The van der Waals surface area contributed by atoms with Crippen LogP contribution >= 0.6 is 12.1 Å². The van der Waals surface area contributed by atoms with Crippen LogP contribution in [0, 0.1) is 0 Å². The first kappa shape index (κ1) is 16.0. The molecule has 0 aromatic heterocycles. The van der Waals surface area contributed by atoms with Gasteiger partial charge in [0, 0.05) is 5.69 Å². The van der Waals surface area contributed by atoms with Crippen LogP contribution in [-0.2, 0) is 9.53 Å². The lowest BCUT2D eigenvalue weighted by atomic mass is 10.2. The first-order valence-corrected chi connectivity index (χ1v) is 7.05. The normalized spacial score (nSPS) is 14.0. The Morgan fingerprint density at radius 1 is 1.32 bits per heavy atom. The van der Waals surface area contributed by atoms with E-state index in [4.69, 9.17) is 5.84 Å². The Bertz CT molecular complexity index is 642. The Hall–Kier alpha value is -2.39. The molecule has 0 saturated carbocycles. The molecule has 0 aliphatic carbocycles. The zero-order valence-electron chi connectivity index (χ0n) is 12.1. The number of carbonyl (C=O) groups excluding carboxylic acids is 2. The Balaban J connectivity index is 1.95. The third-order valence-electron chi connectivity index (χ3n) is 2.85. The van der Waals surface area contributed by atoms with E-state index < -0.39 is 5.97 Å². The van der Waals surface area contributed by atoms with Crippen molar-refractivity contribution in [3.8, 4) is 0 Å². The first-order valence-electron chi connectivity index (χ1n) is 6.32. The molecule has 0 bridgehead atoms. The summed E-state index contributed by atoms with van der Waals surface area (Å²) in [5.41, 5.74) is 0.976. The van der Waals surface area contributed by atoms with E-state index in [1.807, 2.05) is 0 Å². The van der Waals surface area contributed by atoms with Crippen LogP contribution in [0.3, 0.4) is 0 Å². The smallest absolute Gasteiger partial charge is 0.337 e. The van der Waals surface area contributed by atoms with Gasteiger partial charge in [0.15, 0.2) is 0 Å². The number of amides is 1. The molecule has 1 aromatic carbocycles. The van der Waals surface area contributed by atoms with Crippen LogP contribution in [0.25, 0.3) is 0 Å². The molecule has 1 aliphatic rings. The number of benzene rings is 1. The number of carbonyl (C=O) groups is 2. The lowest BCUT2D eigenvalue weighted by Crippen LogP contribution is -2.43. The van der Waals surface area contributed by atoms with Gasteiger partial charge >= 0.3 is 5.97 Å². The first-order chi connectivity index (χ1) is 10.5. The number of hydrogen-bond donors (Lipinski definition) is 2. The van der Waals surface area contributed by atoms with Crippen LogP contribution in [0.2, 0.25) is 0 Å². The molecule has 0 spiro atoms. The summed E-state index contributed by atoms with van der Waals surface area (Å²) in [6.45, 7) is 1.73. The third-order valence-corrected chi connectivity index (χ3v) is 3.49. The molecule has 0 radical (unpaired) electrons. The van der Waals surface area contributed by atoms with Crippen LogP contribution in [0.1, 0.15) is 23.7 Å². The molecular weight excluding hydrogens is 306 g/mol. The zero-order valence-corrected chi connectivity index (χ0v) is 12.9. The van der Waals surface area contributed by atoms with Crippen molar-refractivity contribution in [3.05, 3.63) is 29.8 Å². The number of esters is 1. The summed E-state index contributed by atoms with van der Waals surface area (Å²) in [6.07, 6.45) is 0.0229. The van der Waals surface area contributed by atoms with Gasteiger partial charge in [-0.3, -0.25) is 9.80 Å². The maximum atomic E-state index is 12.0. The molecule has 0 fully saturated rings. The van der Waals surface area contributed by atoms with E-state index in [1.54, 1.807) is 31.2 Å². The van der Waals surface area contributed by atoms with E-state index in [9.17, 15) is 9.59 Å². The third kappa shape index (κ3) is 3.83. The molecule has 0 atom stereocenters. The molecule has 1 heterocycles. The topological polar surface area (TPSA) is 109 Å². The lowest BCUT2D eigenvalue weighted by molar-refractivity contribution is -0.115. The Morgan fingerprint density at radius 3 is 2.64 bits per heavy atom. The number of hydrazine groups is 1. The minimum atomic E-state index is -0.431. The minimum Gasteiger partial charge on any atom is -0.465 e. The predicted octanol–water partition coefficient (Wildman–Crippen LogP) is 1.37. The molecule has 1 aromatic rings. The lowest BCUT2D eigenvalue weighted by Gasteiger charge is -2.21. The summed E-state index contributed by atoms with van der Waals surface area (Å²) in [4.78, 5) is 23.3. The van der Waals surface area contributed by atoms with Crippen molar-refractivity contribution in [2.45, 2.75) is 13.3 Å². The summed E-state index contributed by atoms with van der Waals surface area (Å²) < 4.78 is 12.6. The molecule has 22 heavy (non-hydrogen) atoms. The fourth-order valence-electron chi connectivity index (χ4n) is 1.68. The second-order valence-corrected chi connectivity index (χ2v) is 4.92. The van der Waals surface area contributed by atoms with Crippen LogP contribution in [0.4, 0.5) is 5.69 Å². The Kier molecular flexibility index (Phi) is 5.12. The molecular formula is C13H15N5O3S. The van der Waals surface area contributed by atoms with E-state index in [-0.39, 0.29) is 12.3 Å². The molecule has 116 valence electrons. The van der Waals surface area contributed by atoms with Crippen LogP contribution in [0.5, 0.6) is 0 Å². The Morgan fingerprint density at radius 2 is 2.00 bits per heavy atom. The average Bonchev–Trinajstić information content (AvgIpc) is 2.52. The molecule has 8 nitrogen and oxygen atoms in total. The summed E-state index contributed by atoms with van der Waals surface area (Å²) in [7, 11) is 1.31. The highest BCUT2D eigenvalue weighted by atomic mass is 32.2. The number of amidine groups is 2. The van der Waals surface area contributed by atoms with E-state index in [0.717, 1.165) is 12.1 Å². The molecule has 0 saturated heterocycles. The summed E-state index contributed by atoms with van der Waals surface area (Å²) in [5, 5.41) is 3.98. The largest absolute Gasteiger partial charge is 0.465 e. The number of nitrogens with one attached hydrogen (secondary N) is 1. The maximum Gasteiger partial charge on any atom is 0.337 e. The van der Waals surface area contributed by atoms with Gasteiger partial charge in [-0.1, -0.05) is 0 Å². The summed E-state index contributed by atoms with van der Waals surface area (Å²) >= 11 is 0.994. The van der Waals surface area contributed by atoms with Crippen molar-refractivity contribution in [2.75, 3.05) is 12.4 Å². The zero-order chi connectivity index (χ0) is 16.1. The van der Waals surface area contributed by atoms with Gasteiger partial charge in [-0.25, -0.2) is 10.6 Å². The Labute approximate surface area is 131 Å². The van der Waals surface area contributed by atoms with E-state index in [2.05, 4.69) is 18.8 Å². The van der Waals surface area contributed by atoms with Gasteiger partial charge in [0.05, 0.1) is 19.1 Å². The predicted molar refractivity (Wildman–Crippen MR) is 85.2 cm³/mol. The van der Waals surface area contributed by atoms with Crippen molar-refractivity contribution in [1.82, 2.24) is 5.01 Å². The number of nitrogens with zero attached hydrogens (tertiary/aromatic N) is 3. The SMILES string of the molecule is COC(=O)c1ccc(NC(=O)CC2=NSN=C(C)N2N)cc1. The van der Waals surface area contributed by atoms with Crippen LogP contribution in [0.15, 0.2) is 33.1 Å². The number of anilines is 1. The highest BCUT2D eigenvalue weighted by Gasteiger charge is 2.18. The van der Waals surface area contributed by atoms with Gasteiger partial charge in [-0.05, 0) is 31.2 Å². The van der Waals surface area contributed by atoms with Gasteiger partial charge in [0.25, 0.3) is 0 Å². The number of methoxy groups -OCH3 is 1. The summed E-state index contributed by atoms with van der Waals surface area (Å²) in [6, 6.07) is 6.38. The van der Waals surface area contributed by atoms with Gasteiger partial charge in [0.1, 0.15) is 23.8 Å². The molecule has 2 rings (SSSR count). The molecule has 0 unspecified atom stereocenters. The van der Waals surface area contributed by atoms with Crippen molar-refractivity contribution < 1.29 is 14.3 Å². The molecule has 3 N–H and O–H groups in total. The van der Waals surface area contributed by atoms with Crippen LogP contribution in [-0.4, -0.2) is 35.7 Å². The van der Waals surface area contributed by atoms with Crippen molar-refractivity contribution in [3.63, 3.8) is 0 Å². The minimum absolute atomic E-state index is 0.0229. The van der Waals surface area contributed by atoms with Gasteiger partial charge in [0.2, 0.25) is 5.91 Å². The molecule has 9 heteroatoms. The quantitative estimate of drug-likeness (QED) is 0.492. The van der Waals surface area contributed by atoms with E-state index >= 15 is 0 Å². The standard InChI is InChI=1S/C13H15N5O3S/c1-8-16-22-17-11(18(8)14)7-12(19)15-10-5-3-9(4-6-10)13(20)21-2/h3-6H,7,14H2,1-2H3,(H,15,19). The van der Waals surface area contributed by atoms with Gasteiger partial charge in [-0.2, -0.15) is 8.80 Å². The fourth-order valence-corrected chi connectivity index (χ4v) is 2.17.